The average Bonchev–Trinajstić information content (AvgIpc) is 3.24. The Morgan fingerprint density at radius 3 is 2.75 bits per heavy atom. The van der Waals surface area contributed by atoms with Crippen LogP contribution in [0.1, 0.15) is 17.4 Å². The van der Waals surface area contributed by atoms with E-state index in [1.807, 2.05) is 0 Å². The highest BCUT2D eigenvalue weighted by molar-refractivity contribution is 5.82. The van der Waals surface area contributed by atoms with Crippen molar-refractivity contribution in [3.8, 4) is 0 Å². The summed E-state index contributed by atoms with van der Waals surface area (Å²) in [6, 6.07) is 4.85. The van der Waals surface area contributed by atoms with Crippen LogP contribution >= 0.6 is 0 Å². The molecule has 4 rings (SSSR count). The van der Waals surface area contributed by atoms with E-state index < -0.39 is 31.1 Å². The smallest absolute Gasteiger partial charge is 0.167 e. The highest BCUT2D eigenvalue weighted by atomic mass is 19.1. The van der Waals surface area contributed by atoms with Crippen molar-refractivity contribution in [2.75, 3.05) is 11.9 Å². The monoisotopic (exact) mass is 389 g/mol. The number of aliphatic hydroxyl groups excluding tert-OH is 3. The molecule has 1 saturated heterocycles. The second-order valence-electron chi connectivity index (χ2n) is 6.71. The van der Waals surface area contributed by atoms with Crippen molar-refractivity contribution < 1.29 is 24.4 Å². The van der Waals surface area contributed by atoms with Crippen LogP contribution in [0.5, 0.6) is 0 Å². The van der Waals surface area contributed by atoms with Crippen LogP contribution in [-0.2, 0) is 11.3 Å². The molecule has 1 aromatic carbocycles. The predicted molar refractivity (Wildman–Crippen MR) is 96.8 cm³/mol. The van der Waals surface area contributed by atoms with E-state index in [2.05, 4.69) is 20.3 Å². The van der Waals surface area contributed by atoms with Crippen LogP contribution in [0.3, 0.4) is 0 Å². The number of benzene rings is 1. The molecule has 28 heavy (non-hydrogen) atoms. The quantitative estimate of drug-likeness (QED) is 0.497. The minimum absolute atomic E-state index is 0.259. The van der Waals surface area contributed by atoms with Gasteiger partial charge in [0.15, 0.2) is 23.2 Å². The van der Waals surface area contributed by atoms with Crippen LogP contribution in [0.4, 0.5) is 10.2 Å². The third kappa shape index (κ3) is 3.20. The first kappa shape index (κ1) is 18.7. The fraction of sp³-hybridized carbons (Fsp3) is 0.389. The molecule has 0 radical (unpaired) electrons. The number of aryl methyl sites for hydroxylation is 1. The molecule has 1 fully saturated rings. The second kappa shape index (κ2) is 7.40. The van der Waals surface area contributed by atoms with E-state index in [0.29, 0.717) is 29.1 Å². The molecular weight excluding hydrogens is 369 g/mol. The first-order valence-electron chi connectivity index (χ1n) is 8.78. The van der Waals surface area contributed by atoms with Gasteiger partial charge in [-0.15, -0.1) is 0 Å². The van der Waals surface area contributed by atoms with Crippen LogP contribution in [-0.4, -0.2) is 59.8 Å². The fourth-order valence-electron chi connectivity index (χ4n) is 3.28. The van der Waals surface area contributed by atoms with Crippen LogP contribution in [0.15, 0.2) is 30.9 Å². The molecule has 0 saturated carbocycles. The third-order valence-corrected chi connectivity index (χ3v) is 4.83. The number of halogens is 1. The molecule has 1 aliphatic heterocycles. The van der Waals surface area contributed by atoms with Gasteiger partial charge in [-0.3, -0.25) is 4.57 Å². The summed E-state index contributed by atoms with van der Waals surface area (Å²) in [6.45, 7) is 1.69. The topological polar surface area (TPSA) is 126 Å². The second-order valence-corrected chi connectivity index (χ2v) is 6.71. The largest absolute Gasteiger partial charge is 0.394 e. The van der Waals surface area contributed by atoms with Crippen molar-refractivity contribution in [3.63, 3.8) is 0 Å². The molecule has 1 unspecified atom stereocenters. The lowest BCUT2D eigenvalue weighted by Gasteiger charge is -2.16. The van der Waals surface area contributed by atoms with Gasteiger partial charge in [0, 0.05) is 6.54 Å². The fourth-order valence-corrected chi connectivity index (χ4v) is 3.28. The normalized spacial score (nSPS) is 24.8. The van der Waals surface area contributed by atoms with E-state index in [0.717, 1.165) is 5.56 Å². The highest BCUT2D eigenvalue weighted by Crippen LogP contribution is 2.32. The Morgan fingerprint density at radius 1 is 1.21 bits per heavy atom. The molecule has 4 N–H and O–H groups in total. The number of nitrogens with zero attached hydrogens (tertiary/aromatic N) is 4. The van der Waals surface area contributed by atoms with E-state index >= 15 is 0 Å². The first-order valence-corrected chi connectivity index (χ1v) is 8.78. The van der Waals surface area contributed by atoms with Crippen molar-refractivity contribution in [2.45, 2.75) is 38.0 Å². The van der Waals surface area contributed by atoms with Gasteiger partial charge >= 0.3 is 0 Å². The minimum atomic E-state index is -1.23. The summed E-state index contributed by atoms with van der Waals surface area (Å²) < 4.78 is 20.4. The first-order chi connectivity index (χ1) is 13.5. The highest BCUT2D eigenvalue weighted by Gasteiger charge is 2.44. The van der Waals surface area contributed by atoms with Gasteiger partial charge in [-0.1, -0.05) is 12.1 Å². The van der Waals surface area contributed by atoms with Gasteiger partial charge in [-0.25, -0.2) is 19.3 Å². The van der Waals surface area contributed by atoms with E-state index in [-0.39, 0.29) is 5.82 Å². The maximum absolute atomic E-state index is 13.4. The molecule has 9 nitrogen and oxygen atoms in total. The van der Waals surface area contributed by atoms with E-state index in [1.165, 1.54) is 23.3 Å². The van der Waals surface area contributed by atoms with Crippen LogP contribution in [0.2, 0.25) is 0 Å². The van der Waals surface area contributed by atoms with Gasteiger partial charge in [-0.05, 0) is 24.1 Å². The number of hydrogen-bond donors (Lipinski definition) is 4. The Kier molecular flexibility index (Phi) is 4.94. The summed E-state index contributed by atoms with van der Waals surface area (Å²) in [5.41, 5.74) is 2.30. The van der Waals surface area contributed by atoms with Gasteiger partial charge in [-0.2, -0.15) is 0 Å². The molecule has 10 heteroatoms. The third-order valence-electron chi connectivity index (χ3n) is 4.83. The number of aromatic nitrogens is 4. The maximum atomic E-state index is 13.4. The zero-order valence-corrected chi connectivity index (χ0v) is 15.0. The lowest BCUT2D eigenvalue weighted by atomic mass is 10.1. The number of aliphatic hydroxyl groups is 3. The summed E-state index contributed by atoms with van der Waals surface area (Å²) in [7, 11) is 0. The molecule has 1 aliphatic rings. The van der Waals surface area contributed by atoms with Gasteiger partial charge < -0.3 is 25.4 Å². The number of ether oxygens (including phenoxy) is 1. The van der Waals surface area contributed by atoms with Crippen LogP contribution in [0, 0.1) is 12.7 Å². The number of rotatable bonds is 5. The average molecular weight is 389 g/mol. The van der Waals surface area contributed by atoms with Gasteiger partial charge in [0.1, 0.15) is 30.5 Å². The van der Waals surface area contributed by atoms with Crippen molar-refractivity contribution in [1.29, 1.82) is 0 Å². The van der Waals surface area contributed by atoms with Gasteiger partial charge in [0.25, 0.3) is 0 Å². The molecule has 0 bridgehead atoms. The van der Waals surface area contributed by atoms with E-state index in [9.17, 15) is 19.7 Å². The molecule has 0 aliphatic carbocycles. The molecule has 148 valence electrons. The summed E-state index contributed by atoms with van der Waals surface area (Å²) >= 11 is 0. The summed E-state index contributed by atoms with van der Waals surface area (Å²) in [4.78, 5) is 12.7. The zero-order chi connectivity index (χ0) is 19.8. The zero-order valence-electron chi connectivity index (χ0n) is 15.0. The Hall–Kier alpha value is -2.66. The van der Waals surface area contributed by atoms with Crippen molar-refractivity contribution in [1.82, 2.24) is 19.5 Å². The lowest BCUT2D eigenvalue weighted by Crippen LogP contribution is -2.33. The Balaban J connectivity index is 1.59. The minimum Gasteiger partial charge on any atom is -0.394 e. The van der Waals surface area contributed by atoms with Crippen LogP contribution < -0.4 is 5.32 Å². The number of imidazole rings is 1. The molecule has 0 spiro atoms. The summed E-state index contributed by atoms with van der Waals surface area (Å²) in [5, 5.41) is 32.6. The van der Waals surface area contributed by atoms with Gasteiger partial charge in [0.05, 0.1) is 12.9 Å². The van der Waals surface area contributed by atoms with Crippen LogP contribution in [0.25, 0.3) is 11.2 Å². The Bertz CT molecular complexity index is 997. The Morgan fingerprint density at radius 2 is 2.04 bits per heavy atom. The van der Waals surface area contributed by atoms with Gasteiger partial charge in [0.2, 0.25) is 0 Å². The van der Waals surface area contributed by atoms with E-state index in [4.69, 9.17) is 4.74 Å². The summed E-state index contributed by atoms with van der Waals surface area (Å²) in [5.74, 6) is 0.211. The number of nitrogens with one attached hydrogen (secondary N) is 1. The summed E-state index contributed by atoms with van der Waals surface area (Å²) in [6.07, 6.45) is -1.48. The number of anilines is 1. The predicted octanol–water partition coefficient (Wildman–Crippen LogP) is 0.497. The molecule has 4 atom stereocenters. The van der Waals surface area contributed by atoms with Crippen molar-refractivity contribution >= 4 is 17.0 Å². The molecule has 3 aromatic rings. The number of fused-ring (bicyclic) bond motifs is 1. The van der Waals surface area contributed by atoms with E-state index in [1.54, 1.807) is 19.1 Å². The SMILES string of the molecule is Cc1cc(CNc2ncnc3c2ncn3C2O[C@H](CO)[C@@H](O)[C@H]2O)ccc1F. The molecule has 2 aromatic heterocycles. The molecular formula is C18H20FN5O4. The number of hydrogen-bond acceptors (Lipinski definition) is 8. The Labute approximate surface area is 159 Å². The van der Waals surface area contributed by atoms with Crippen molar-refractivity contribution in [3.05, 3.63) is 47.8 Å². The standard InChI is InChI=1S/C18H20FN5O4/c1-9-4-10(2-3-11(9)19)5-20-16-13-17(22-7-21-16)24(8-23-13)18-15(27)14(26)12(6-25)28-18/h2-4,7-8,12,14-15,18,25-27H,5-6H2,1H3,(H,20,21,22)/t12-,14-,15-,18?/m1/s1. The maximum Gasteiger partial charge on any atom is 0.167 e. The lowest BCUT2D eigenvalue weighted by molar-refractivity contribution is -0.0511. The van der Waals surface area contributed by atoms with Crippen molar-refractivity contribution in [2.24, 2.45) is 0 Å². The molecule has 0 amide bonds. The molecule has 3 heterocycles.